The van der Waals surface area contributed by atoms with Crippen molar-refractivity contribution in [1.82, 2.24) is 0 Å². The smallest absolute Gasteiger partial charge is 0.204 e. The summed E-state index contributed by atoms with van der Waals surface area (Å²) in [6, 6.07) is 10.8. The van der Waals surface area contributed by atoms with Crippen molar-refractivity contribution in [2.75, 3.05) is 19.8 Å². The normalized spacial score (nSPS) is 12.0. The molecule has 6 heteroatoms. The lowest BCUT2D eigenvalue weighted by Gasteiger charge is -2.24. The van der Waals surface area contributed by atoms with Gasteiger partial charge in [-0.3, -0.25) is 4.79 Å². The van der Waals surface area contributed by atoms with Crippen LogP contribution in [0.3, 0.4) is 0 Å². The summed E-state index contributed by atoms with van der Waals surface area (Å²) in [5.74, 6) is 0.543. The molecular weight excluding hydrogens is 370 g/mol. The lowest BCUT2D eigenvalue weighted by atomic mass is 9.93. The first-order valence-electron chi connectivity index (χ1n) is 10.1. The zero-order chi connectivity index (χ0) is 20.9. The molecule has 0 aliphatic carbocycles. The molecule has 0 fully saturated rings. The van der Waals surface area contributed by atoms with Crippen LogP contribution in [0.25, 0.3) is 21.9 Å². The van der Waals surface area contributed by atoms with Crippen LogP contribution in [0.15, 0.2) is 45.6 Å². The van der Waals surface area contributed by atoms with Gasteiger partial charge in [-0.25, -0.2) is 0 Å². The Kier molecular flexibility index (Phi) is 6.90. The van der Waals surface area contributed by atoms with Crippen molar-refractivity contribution < 1.29 is 19.4 Å². The van der Waals surface area contributed by atoms with Gasteiger partial charge >= 0.3 is 0 Å². The van der Waals surface area contributed by atoms with Gasteiger partial charge in [0, 0.05) is 0 Å². The van der Waals surface area contributed by atoms with Crippen LogP contribution in [-0.2, 0) is 6.42 Å². The number of fused-ring (bicyclic) bond motifs is 2. The molecular formula is C23H29NO5. The first-order valence-corrected chi connectivity index (χ1v) is 10.1. The number of benzene rings is 2. The molecule has 3 aromatic rings. The van der Waals surface area contributed by atoms with Crippen LogP contribution in [0.4, 0.5) is 0 Å². The van der Waals surface area contributed by atoms with Gasteiger partial charge < -0.3 is 25.1 Å². The number of ether oxygens (including phenoxy) is 1. The summed E-state index contributed by atoms with van der Waals surface area (Å²) in [5.41, 5.74) is 6.69. The average molecular weight is 399 g/mol. The number of aryl methyl sites for hydroxylation is 1. The maximum absolute atomic E-state index is 13.2. The molecule has 6 nitrogen and oxygen atoms in total. The molecule has 0 saturated heterocycles. The van der Waals surface area contributed by atoms with E-state index in [9.17, 15) is 15.0 Å². The van der Waals surface area contributed by atoms with E-state index in [4.69, 9.17) is 14.9 Å². The molecule has 2 aromatic carbocycles. The van der Waals surface area contributed by atoms with Gasteiger partial charge in [-0.05, 0) is 49.1 Å². The fourth-order valence-corrected chi connectivity index (χ4v) is 3.33. The number of hydrogen-bond acceptors (Lipinski definition) is 6. The highest BCUT2D eigenvalue weighted by Crippen LogP contribution is 2.27. The van der Waals surface area contributed by atoms with Gasteiger partial charge in [0.25, 0.3) is 0 Å². The third-order valence-electron chi connectivity index (χ3n) is 5.27. The predicted molar refractivity (Wildman–Crippen MR) is 114 cm³/mol. The van der Waals surface area contributed by atoms with Gasteiger partial charge in [0.1, 0.15) is 22.3 Å². The van der Waals surface area contributed by atoms with Gasteiger partial charge in [0.05, 0.1) is 30.7 Å². The van der Waals surface area contributed by atoms with Gasteiger partial charge in [0.15, 0.2) is 0 Å². The second-order valence-corrected chi connectivity index (χ2v) is 7.63. The van der Waals surface area contributed by atoms with Crippen molar-refractivity contribution in [3.8, 4) is 5.75 Å². The largest absolute Gasteiger partial charge is 0.493 e. The Hall–Kier alpha value is -2.41. The first-order chi connectivity index (χ1) is 14.0. The Morgan fingerprint density at radius 3 is 2.62 bits per heavy atom. The summed E-state index contributed by atoms with van der Waals surface area (Å²) in [6.07, 6.45) is 4.05. The van der Waals surface area contributed by atoms with Crippen LogP contribution < -0.4 is 15.9 Å². The Labute approximate surface area is 169 Å². The van der Waals surface area contributed by atoms with Crippen LogP contribution in [0, 0.1) is 0 Å². The first kappa shape index (κ1) is 21.3. The van der Waals surface area contributed by atoms with Gasteiger partial charge in [-0.1, -0.05) is 31.9 Å². The molecule has 0 saturated carbocycles. The van der Waals surface area contributed by atoms with Crippen molar-refractivity contribution >= 4 is 21.9 Å². The molecule has 0 amide bonds. The number of rotatable bonds is 10. The van der Waals surface area contributed by atoms with Crippen molar-refractivity contribution in [2.45, 2.75) is 44.6 Å². The highest BCUT2D eigenvalue weighted by molar-refractivity contribution is 5.93. The topological polar surface area (TPSA) is 106 Å². The molecule has 0 spiro atoms. The molecule has 1 aromatic heterocycles. The summed E-state index contributed by atoms with van der Waals surface area (Å²) in [6.45, 7) is 2.09. The van der Waals surface area contributed by atoms with Crippen molar-refractivity contribution in [3.63, 3.8) is 0 Å². The zero-order valence-electron chi connectivity index (χ0n) is 16.8. The molecule has 0 atom stereocenters. The molecule has 0 radical (unpaired) electrons. The Balaban J connectivity index is 1.95. The van der Waals surface area contributed by atoms with Crippen LogP contribution in [0.1, 0.15) is 38.2 Å². The summed E-state index contributed by atoms with van der Waals surface area (Å²) >= 11 is 0. The zero-order valence-corrected chi connectivity index (χ0v) is 16.8. The molecule has 1 heterocycles. The Bertz CT molecular complexity index is 1020. The number of aliphatic hydroxyl groups is 2. The van der Waals surface area contributed by atoms with E-state index in [1.165, 1.54) is 0 Å². The monoisotopic (exact) mass is 399 g/mol. The molecule has 29 heavy (non-hydrogen) atoms. The minimum absolute atomic E-state index is 0.127. The van der Waals surface area contributed by atoms with E-state index >= 15 is 0 Å². The number of unbranched alkanes of at least 4 members (excludes halogenated alkanes) is 2. The molecule has 0 unspecified atom stereocenters. The SMILES string of the molecule is CCCCCOc1cccc2oc3ccc(CCC(N)(CO)CO)cc3c(=O)c12. The summed E-state index contributed by atoms with van der Waals surface area (Å²) in [5, 5.41) is 19.7. The average Bonchev–Trinajstić information content (AvgIpc) is 2.75. The minimum Gasteiger partial charge on any atom is -0.493 e. The molecule has 0 bridgehead atoms. The quantitative estimate of drug-likeness (QED) is 0.357. The van der Waals surface area contributed by atoms with Crippen LogP contribution >= 0.6 is 0 Å². The molecule has 3 rings (SSSR count). The second kappa shape index (κ2) is 9.39. The summed E-state index contributed by atoms with van der Waals surface area (Å²) in [7, 11) is 0. The lowest BCUT2D eigenvalue weighted by Crippen LogP contribution is -2.47. The van der Waals surface area contributed by atoms with Crippen molar-refractivity contribution in [3.05, 3.63) is 52.2 Å². The number of aliphatic hydroxyl groups excluding tert-OH is 2. The van der Waals surface area contributed by atoms with Crippen LogP contribution in [-0.4, -0.2) is 35.6 Å². The lowest BCUT2D eigenvalue weighted by molar-refractivity contribution is 0.115. The fourth-order valence-electron chi connectivity index (χ4n) is 3.33. The van der Waals surface area contributed by atoms with Crippen molar-refractivity contribution in [1.29, 1.82) is 0 Å². The number of nitrogens with two attached hydrogens (primary N) is 1. The molecule has 0 aliphatic rings. The highest BCUT2D eigenvalue weighted by atomic mass is 16.5. The second-order valence-electron chi connectivity index (χ2n) is 7.63. The maximum atomic E-state index is 13.2. The Morgan fingerprint density at radius 2 is 1.90 bits per heavy atom. The number of hydrogen-bond donors (Lipinski definition) is 3. The third-order valence-corrected chi connectivity index (χ3v) is 5.27. The third kappa shape index (κ3) is 4.78. The van der Waals surface area contributed by atoms with Crippen LogP contribution in [0.2, 0.25) is 0 Å². The molecule has 0 aliphatic heterocycles. The Morgan fingerprint density at radius 1 is 1.10 bits per heavy atom. The van der Waals surface area contributed by atoms with E-state index in [0.717, 1.165) is 24.8 Å². The summed E-state index contributed by atoms with van der Waals surface area (Å²) < 4.78 is 11.8. The van der Waals surface area contributed by atoms with E-state index in [0.29, 0.717) is 47.1 Å². The maximum Gasteiger partial charge on any atom is 0.204 e. The van der Waals surface area contributed by atoms with Crippen LogP contribution in [0.5, 0.6) is 5.75 Å². The minimum atomic E-state index is -1.04. The van der Waals surface area contributed by atoms with E-state index in [1.807, 2.05) is 12.1 Å². The van der Waals surface area contributed by atoms with E-state index in [-0.39, 0.29) is 18.6 Å². The summed E-state index contributed by atoms with van der Waals surface area (Å²) in [4.78, 5) is 13.2. The standard InChI is InChI=1S/C23H29NO5/c1-2-3-4-12-28-19-6-5-7-20-21(19)22(27)17-13-16(8-9-18(17)29-20)10-11-23(24,14-25)15-26/h5-9,13,25-26H,2-4,10-12,14-15,24H2,1H3. The van der Waals surface area contributed by atoms with E-state index in [1.54, 1.807) is 24.3 Å². The highest BCUT2D eigenvalue weighted by Gasteiger charge is 2.22. The van der Waals surface area contributed by atoms with Gasteiger partial charge in [-0.2, -0.15) is 0 Å². The molecule has 4 N–H and O–H groups in total. The predicted octanol–water partition coefficient (Wildman–Crippen LogP) is 3.13. The van der Waals surface area contributed by atoms with E-state index in [2.05, 4.69) is 6.92 Å². The fraction of sp³-hybridized carbons (Fsp3) is 0.435. The van der Waals surface area contributed by atoms with Gasteiger partial charge in [-0.15, -0.1) is 0 Å². The van der Waals surface area contributed by atoms with Gasteiger partial charge in [0.2, 0.25) is 5.43 Å². The van der Waals surface area contributed by atoms with E-state index < -0.39 is 5.54 Å². The van der Waals surface area contributed by atoms with Crippen molar-refractivity contribution in [2.24, 2.45) is 5.73 Å². The molecule has 156 valence electrons.